The van der Waals surface area contributed by atoms with Crippen LogP contribution in [0.25, 0.3) is 120 Å². The van der Waals surface area contributed by atoms with E-state index in [4.69, 9.17) is 4.42 Å². The van der Waals surface area contributed by atoms with Crippen molar-refractivity contribution >= 4 is 75.8 Å². The fourth-order valence-corrected chi connectivity index (χ4v) is 9.57. The first-order valence-electron chi connectivity index (χ1n) is 19.7. The summed E-state index contributed by atoms with van der Waals surface area (Å²) >= 11 is 0. The first-order valence-corrected chi connectivity index (χ1v) is 19.7. The molecule has 1 heterocycles. The molecule has 0 radical (unpaired) electrons. The third-order valence-corrected chi connectivity index (χ3v) is 12.1. The zero-order chi connectivity index (χ0) is 37.5. The van der Waals surface area contributed by atoms with Crippen LogP contribution in [-0.4, -0.2) is 0 Å². The van der Waals surface area contributed by atoms with Gasteiger partial charge in [-0.1, -0.05) is 188 Å². The summed E-state index contributed by atoms with van der Waals surface area (Å²) in [6.07, 6.45) is 0. The summed E-state index contributed by atoms with van der Waals surface area (Å²) in [5.41, 5.74) is 11.5. The molecule has 0 unspecified atom stereocenters. The van der Waals surface area contributed by atoms with Gasteiger partial charge in [0.1, 0.15) is 11.2 Å². The van der Waals surface area contributed by atoms with Gasteiger partial charge in [-0.2, -0.15) is 0 Å². The largest absolute Gasteiger partial charge is 0.455 e. The highest BCUT2D eigenvalue weighted by Gasteiger charge is 2.21. The van der Waals surface area contributed by atoms with Crippen LogP contribution in [0.1, 0.15) is 0 Å². The molecule has 0 atom stereocenters. The Kier molecular flexibility index (Phi) is 7.00. The van der Waals surface area contributed by atoms with E-state index in [-0.39, 0.29) is 0 Å². The minimum Gasteiger partial charge on any atom is -0.455 e. The van der Waals surface area contributed by atoms with Gasteiger partial charge in [-0.05, 0) is 111 Å². The van der Waals surface area contributed by atoms with E-state index < -0.39 is 0 Å². The van der Waals surface area contributed by atoms with Gasteiger partial charge in [-0.25, -0.2) is 0 Å². The van der Waals surface area contributed by atoms with Crippen LogP contribution in [0.3, 0.4) is 0 Å². The maximum Gasteiger partial charge on any atom is 0.143 e. The number of hydrogen-bond donors (Lipinski definition) is 0. The van der Waals surface area contributed by atoms with Gasteiger partial charge >= 0.3 is 0 Å². The molecular weight excluding hydrogens is 689 g/mol. The Morgan fingerprint density at radius 3 is 1.51 bits per heavy atom. The Hall–Kier alpha value is -7.48. The average molecular weight is 723 g/mol. The minimum atomic E-state index is 0.892. The van der Waals surface area contributed by atoms with Crippen molar-refractivity contribution in [2.75, 3.05) is 0 Å². The molecular formula is C56H34O. The Bertz CT molecular complexity index is 3520. The summed E-state index contributed by atoms with van der Waals surface area (Å²) in [5.74, 6) is 0. The van der Waals surface area contributed by atoms with Crippen LogP contribution in [-0.2, 0) is 0 Å². The molecule has 0 N–H and O–H groups in total. The maximum absolute atomic E-state index is 6.74. The van der Waals surface area contributed by atoms with E-state index in [1.54, 1.807) is 0 Å². The lowest BCUT2D eigenvalue weighted by molar-refractivity contribution is 0.670. The van der Waals surface area contributed by atoms with Crippen molar-refractivity contribution in [1.29, 1.82) is 0 Å². The van der Waals surface area contributed by atoms with E-state index in [2.05, 4.69) is 206 Å². The second-order valence-corrected chi connectivity index (χ2v) is 15.1. The molecule has 0 saturated carbocycles. The third kappa shape index (κ3) is 4.83. The second-order valence-electron chi connectivity index (χ2n) is 15.1. The lowest BCUT2D eigenvalue weighted by Gasteiger charge is -2.20. The monoisotopic (exact) mass is 722 g/mol. The van der Waals surface area contributed by atoms with E-state index in [9.17, 15) is 0 Å². The van der Waals surface area contributed by atoms with Gasteiger partial charge in [0, 0.05) is 16.3 Å². The summed E-state index contributed by atoms with van der Waals surface area (Å²) < 4.78 is 6.74. The van der Waals surface area contributed by atoms with Gasteiger partial charge in [-0.15, -0.1) is 0 Å². The summed E-state index contributed by atoms with van der Waals surface area (Å²) in [5, 5.41) is 14.7. The van der Waals surface area contributed by atoms with Crippen molar-refractivity contribution in [3.05, 3.63) is 206 Å². The minimum absolute atomic E-state index is 0.892. The van der Waals surface area contributed by atoms with Crippen molar-refractivity contribution in [3.63, 3.8) is 0 Å². The van der Waals surface area contributed by atoms with Gasteiger partial charge < -0.3 is 4.42 Å². The van der Waals surface area contributed by atoms with Crippen molar-refractivity contribution in [3.8, 4) is 44.5 Å². The smallest absolute Gasteiger partial charge is 0.143 e. The molecule has 0 aliphatic carbocycles. The standard InChI is InChI=1S/C56H34O/c1-3-18-38-35(15-1)17-13-28-41(38)49-29-14-30-50-52-34-37(31-32-53(52)57-56(49)50)54-45-24-9-11-26-47(45)55(48-27-12-10-25-46(48)54)44-23-8-7-22-43(44)51-33-36-16-2-4-19-39(36)40-20-5-6-21-42(40)51/h1-34H. The average Bonchev–Trinajstić information content (AvgIpc) is 3.66. The van der Waals surface area contributed by atoms with Crippen LogP contribution in [0.15, 0.2) is 211 Å². The van der Waals surface area contributed by atoms with Crippen LogP contribution < -0.4 is 0 Å². The van der Waals surface area contributed by atoms with Gasteiger partial charge in [0.15, 0.2) is 0 Å². The van der Waals surface area contributed by atoms with E-state index >= 15 is 0 Å². The molecule has 0 aliphatic rings. The highest BCUT2D eigenvalue weighted by molar-refractivity contribution is 6.24. The van der Waals surface area contributed by atoms with Crippen LogP contribution in [0.5, 0.6) is 0 Å². The van der Waals surface area contributed by atoms with E-state index in [1.807, 2.05) is 0 Å². The van der Waals surface area contributed by atoms with E-state index in [1.165, 1.54) is 92.8 Å². The molecule has 12 aromatic rings. The normalized spacial score (nSPS) is 11.9. The van der Waals surface area contributed by atoms with E-state index in [0.717, 1.165) is 27.5 Å². The number of benzene rings is 11. The van der Waals surface area contributed by atoms with Gasteiger partial charge in [0.05, 0.1) is 0 Å². The second kappa shape index (κ2) is 12.5. The molecule has 1 heteroatoms. The third-order valence-electron chi connectivity index (χ3n) is 12.1. The summed E-state index contributed by atoms with van der Waals surface area (Å²) in [6.45, 7) is 0. The number of fused-ring (bicyclic) bond motifs is 9. The molecule has 0 aliphatic heterocycles. The van der Waals surface area contributed by atoms with Crippen molar-refractivity contribution < 1.29 is 4.42 Å². The molecule has 0 bridgehead atoms. The molecule has 0 amide bonds. The predicted molar refractivity (Wildman–Crippen MR) is 243 cm³/mol. The zero-order valence-corrected chi connectivity index (χ0v) is 31.0. The summed E-state index contributed by atoms with van der Waals surface area (Å²) in [7, 11) is 0. The summed E-state index contributed by atoms with van der Waals surface area (Å²) in [6, 6.07) is 75.3. The Morgan fingerprint density at radius 1 is 0.246 bits per heavy atom. The van der Waals surface area contributed by atoms with Crippen molar-refractivity contribution in [2.45, 2.75) is 0 Å². The maximum atomic E-state index is 6.74. The highest BCUT2D eigenvalue weighted by Crippen LogP contribution is 2.48. The molecule has 0 spiro atoms. The molecule has 11 aromatic carbocycles. The number of furan rings is 1. The number of rotatable bonds is 4. The first kappa shape index (κ1) is 31.8. The van der Waals surface area contributed by atoms with Crippen LogP contribution in [0, 0.1) is 0 Å². The topological polar surface area (TPSA) is 13.1 Å². The zero-order valence-electron chi connectivity index (χ0n) is 31.0. The summed E-state index contributed by atoms with van der Waals surface area (Å²) in [4.78, 5) is 0. The molecule has 0 saturated heterocycles. The quantitative estimate of drug-likeness (QED) is 0.130. The fraction of sp³-hybridized carbons (Fsp3) is 0. The number of para-hydroxylation sites is 1. The molecule has 264 valence electrons. The van der Waals surface area contributed by atoms with Crippen LogP contribution in [0.4, 0.5) is 0 Å². The van der Waals surface area contributed by atoms with Crippen molar-refractivity contribution in [2.24, 2.45) is 0 Å². The first-order chi connectivity index (χ1) is 28.3. The molecule has 1 aromatic heterocycles. The molecule has 12 rings (SSSR count). The Balaban J connectivity index is 1.10. The van der Waals surface area contributed by atoms with Crippen LogP contribution >= 0.6 is 0 Å². The number of hydrogen-bond acceptors (Lipinski definition) is 1. The molecule has 0 fully saturated rings. The lowest BCUT2D eigenvalue weighted by Crippen LogP contribution is -1.93. The predicted octanol–water partition coefficient (Wildman–Crippen LogP) is 16.0. The van der Waals surface area contributed by atoms with Gasteiger partial charge in [0.2, 0.25) is 0 Å². The molecule has 57 heavy (non-hydrogen) atoms. The van der Waals surface area contributed by atoms with Crippen LogP contribution in [0.2, 0.25) is 0 Å². The van der Waals surface area contributed by atoms with Gasteiger partial charge in [-0.3, -0.25) is 0 Å². The van der Waals surface area contributed by atoms with E-state index in [0.29, 0.717) is 0 Å². The lowest BCUT2D eigenvalue weighted by atomic mass is 9.83. The Labute approximate surface area is 329 Å². The van der Waals surface area contributed by atoms with Crippen molar-refractivity contribution in [1.82, 2.24) is 0 Å². The SMILES string of the molecule is c1ccc(-c2cc3ccccc3c3ccccc23)c(-c2c3ccccc3c(-c3ccc4oc5c(-c6cccc7ccccc67)cccc5c4c3)c3ccccc23)c1. The fourth-order valence-electron chi connectivity index (χ4n) is 9.57. The molecule has 1 nitrogen and oxygen atoms in total. The van der Waals surface area contributed by atoms with Gasteiger partial charge in [0.25, 0.3) is 0 Å². The highest BCUT2D eigenvalue weighted by atomic mass is 16.3. The Morgan fingerprint density at radius 2 is 0.754 bits per heavy atom.